The van der Waals surface area contributed by atoms with Crippen LogP contribution >= 0.6 is 0 Å². The first-order valence-electron chi connectivity index (χ1n) is 7.36. The van der Waals surface area contributed by atoms with E-state index in [2.05, 4.69) is 34.0 Å². The Balaban J connectivity index is 1.76. The highest BCUT2D eigenvalue weighted by Gasteiger charge is 2.44. The predicted octanol–water partition coefficient (Wildman–Crippen LogP) is 1.97. The van der Waals surface area contributed by atoms with Crippen molar-refractivity contribution in [3.63, 3.8) is 0 Å². The molecule has 19 heavy (non-hydrogen) atoms. The van der Waals surface area contributed by atoms with Gasteiger partial charge in [0.05, 0.1) is 6.54 Å². The molecule has 3 rings (SSSR count). The summed E-state index contributed by atoms with van der Waals surface area (Å²) in [5.74, 6) is 0.936. The molecule has 0 radical (unpaired) electrons. The largest absolute Gasteiger partial charge is 0.308 e. The van der Waals surface area contributed by atoms with Gasteiger partial charge in [-0.25, -0.2) is 9.97 Å². The van der Waals surface area contributed by atoms with Crippen molar-refractivity contribution in [3.05, 3.63) is 24.3 Å². The van der Waals surface area contributed by atoms with Gasteiger partial charge >= 0.3 is 0 Å². The minimum absolute atomic E-state index is 0.174. The van der Waals surface area contributed by atoms with Crippen molar-refractivity contribution in [1.82, 2.24) is 20.2 Å². The molecule has 2 aliphatic rings. The molecule has 1 aromatic heterocycles. The maximum atomic E-state index is 4.38. The Morgan fingerprint density at radius 2 is 1.89 bits per heavy atom. The number of hydrogen-bond donors (Lipinski definition) is 1. The lowest BCUT2D eigenvalue weighted by Crippen LogP contribution is -2.67. The van der Waals surface area contributed by atoms with Gasteiger partial charge in [0, 0.05) is 36.6 Å². The third-order valence-corrected chi connectivity index (χ3v) is 4.76. The van der Waals surface area contributed by atoms with E-state index in [-0.39, 0.29) is 5.54 Å². The van der Waals surface area contributed by atoms with Crippen molar-refractivity contribution in [2.75, 3.05) is 13.1 Å². The van der Waals surface area contributed by atoms with Crippen molar-refractivity contribution in [2.24, 2.45) is 0 Å². The standard InChI is InChI=1S/C15H24N4/c1-14(2)11-18-15(6-3-4-7-15)12-19(14)10-13-16-8-5-9-17-13/h5,8-9,18H,3-4,6-7,10-12H2,1-2H3. The quantitative estimate of drug-likeness (QED) is 0.882. The molecule has 0 amide bonds. The number of nitrogens with one attached hydrogen (secondary N) is 1. The molecule has 1 aliphatic carbocycles. The summed E-state index contributed by atoms with van der Waals surface area (Å²) in [6.07, 6.45) is 9.03. The van der Waals surface area contributed by atoms with Crippen LogP contribution in [0.25, 0.3) is 0 Å². The number of hydrogen-bond acceptors (Lipinski definition) is 4. The summed E-state index contributed by atoms with van der Waals surface area (Å²) in [6, 6.07) is 1.88. The Bertz CT molecular complexity index is 423. The highest BCUT2D eigenvalue weighted by atomic mass is 15.3. The van der Waals surface area contributed by atoms with Gasteiger partial charge in [-0.2, -0.15) is 0 Å². The van der Waals surface area contributed by atoms with Crippen LogP contribution in [0.5, 0.6) is 0 Å². The number of nitrogens with zero attached hydrogens (tertiary/aromatic N) is 3. The molecule has 1 aliphatic heterocycles. The van der Waals surface area contributed by atoms with Gasteiger partial charge in [0.1, 0.15) is 5.82 Å². The lowest BCUT2D eigenvalue weighted by atomic mass is 9.87. The average Bonchev–Trinajstić information content (AvgIpc) is 2.85. The van der Waals surface area contributed by atoms with E-state index in [0.717, 1.165) is 25.5 Å². The Hall–Kier alpha value is -1.00. The van der Waals surface area contributed by atoms with Crippen LogP contribution < -0.4 is 5.32 Å². The SMILES string of the molecule is CC1(C)CNC2(CCCC2)CN1Cc1ncccn1. The number of rotatable bonds is 2. The normalized spacial score (nSPS) is 25.8. The Morgan fingerprint density at radius 1 is 1.21 bits per heavy atom. The number of piperazine rings is 1. The summed E-state index contributed by atoms with van der Waals surface area (Å²) in [4.78, 5) is 11.3. The van der Waals surface area contributed by atoms with E-state index in [1.807, 2.05) is 18.5 Å². The van der Waals surface area contributed by atoms with Crippen molar-refractivity contribution >= 4 is 0 Å². The second kappa shape index (κ2) is 4.84. The van der Waals surface area contributed by atoms with Crippen LogP contribution in [-0.2, 0) is 6.54 Å². The lowest BCUT2D eigenvalue weighted by Gasteiger charge is -2.50. The molecule has 2 fully saturated rings. The predicted molar refractivity (Wildman–Crippen MR) is 75.7 cm³/mol. The smallest absolute Gasteiger partial charge is 0.142 e. The van der Waals surface area contributed by atoms with E-state index in [0.29, 0.717) is 5.54 Å². The fourth-order valence-corrected chi connectivity index (χ4v) is 3.39. The molecule has 1 N–H and O–H groups in total. The van der Waals surface area contributed by atoms with Gasteiger partial charge in [0.2, 0.25) is 0 Å². The average molecular weight is 260 g/mol. The van der Waals surface area contributed by atoms with E-state index in [1.165, 1.54) is 25.7 Å². The fourth-order valence-electron chi connectivity index (χ4n) is 3.39. The summed E-state index contributed by atoms with van der Waals surface area (Å²) >= 11 is 0. The van der Waals surface area contributed by atoms with Crippen molar-refractivity contribution in [1.29, 1.82) is 0 Å². The van der Waals surface area contributed by atoms with Crippen LogP contribution in [0.1, 0.15) is 45.4 Å². The monoisotopic (exact) mass is 260 g/mol. The molecule has 4 nitrogen and oxygen atoms in total. The molecule has 0 unspecified atom stereocenters. The summed E-state index contributed by atoms with van der Waals surface area (Å²) < 4.78 is 0. The van der Waals surface area contributed by atoms with E-state index in [1.54, 1.807) is 0 Å². The molecule has 2 heterocycles. The van der Waals surface area contributed by atoms with Crippen LogP contribution in [-0.4, -0.2) is 39.0 Å². The van der Waals surface area contributed by atoms with Crippen molar-refractivity contribution < 1.29 is 0 Å². The number of aromatic nitrogens is 2. The van der Waals surface area contributed by atoms with Gasteiger partial charge in [-0.1, -0.05) is 12.8 Å². The summed E-state index contributed by atoms with van der Waals surface area (Å²) in [5.41, 5.74) is 0.525. The topological polar surface area (TPSA) is 41.0 Å². The minimum Gasteiger partial charge on any atom is -0.308 e. The molecule has 1 saturated heterocycles. The first kappa shape index (κ1) is 13.0. The van der Waals surface area contributed by atoms with Gasteiger partial charge in [-0.3, -0.25) is 4.90 Å². The van der Waals surface area contributed by atoms with Gasteiger partial charge in [0.25, 0.3) is 0 Å². The van der Waals surface area contributed by atoms with Gasteiger partial charge in [-0.15, -0.1) is 0 Å². The summed E-state index contributed by atoms with van der Waals surface area (Å²) in [6.45, 7) is 7.66. The molecular weight excluding hydrogens is 236 g/mol. The van der Waals surface area contributed by atoms with E-state index in [9.17, 15) is 0 Å². The second-order valence-electron chi connectivity index (χ2n) is 6.67. The Morgan fingerprint density at radius 3 is 2.58 bits per heavy atom. The van der Waals surface area contributed by atoms with E-state index < -0.39 is 0 Å². The minimum atomic E-state index is 0.174. The van der Waals surface area contributed by atoms with E-state index >= 15 is 0 Å². The first-order valence-corrected chi connectivity index (χ1v) is 7.36. The molecule has 0 aromatic carbocycles. The third-order valence-electron chi connectivity index (χ3n) is 4.76. The maximum absolute atomic E-state index is 4.38. The van der Waals surface area contributed by atoms with Crippen LogP contribution in [0.4, 0.5) is 0 Å². The Labute approximate surface area is 115 Å². The molecule has 0 bridgehead atoms. The lowest BCUT2D eigenvalue weighted by molar-refractivity contribution is 0.0198. The molecule has 1 spiro atoms. The Kier molecular flexibility index (Phi) is 3.31. The van der Waals surface area contributed by atoms with Crippen LogP contribution in [0, 0.1) is 0 Å². The van der Waals surface area contributed by atoms with Gasteiger partial charge in [0.15, 0.2) is 0 Å². The molecule has 0 atom stereocenters. The molecule has 104 valence electrons. The van der Waals surface area contributed by atoms with E-state index in [4.69, 9.17) is 0 Å². The zero-order valence-electron chi connectivity index (χ0n) is 12.0. The molecule has 4 heteroatoms. The summed E-state index contributed by atoms with van der Waals surface area (Å²) in [7, 11) is 0. The molecule has 1 saturated carbocycles. The van der Waals surface area contributed by atoms with Crippen molar-refractivity contribution in [3.8, 4) is 0 Å². The second-order valence-corrected chi connectivity index (χ2v) is 6.67. The zero-order chi connectivity index (χ0) is 13.3. The third kappa shape index (κ3) is 2.65. The van der Waals surface area contributed by atoms with Crippen molar-refractivity contribution in [2.45, 2.75) is 57.2 Å². The summed E-state index contributed by atoms with van der Waals surface area (Å²) in [5, 5.41) is 3.82. The fraction of sp³-hybridized carbons (Fsp3) is 0.733. The van der Waals surface area contributed by atoms with Gasteiger partial charge in [-0.05, 0) is 32.8 Å². The van der Waals surface area contributed by atoms with Crippen LogP contribution in [0.3, 0.4) is 0 Å². The van der Waals surface area contributed by atoms with Crippen LogP contribution in [0.15, 0.2) is 18.5 Å². The zero-order valence-corrected chi connectivity index (χ0v) is 12.0. The van der Waals surface area contributed by atoms with Crippen LogP contribution in [0.2, 0.25) is 0 Å². The first-order chi connectivity index (χ1) is 9.10. The molecule has 1 aromatic rings. The van der Waals surface area contributed by atoms with Gasteiger partial charge < -0.3 is 5.32 Å². The highest BCUT2D eigenvalue weighted by Crippen LogP contribution is 2.36. The highest BCUT2D eigenvalue weighted by molar-refractivity contribution is 5.05. The maximum Gasteiger partial charge on any atom is 0.142 e. The molecular formula is C15H24N4.